The van der Waals surface area contributed by atoms with Gasteiger partial charge in [0.2, 0.25) is 0 Å². The van der Waals surface area contributed by atoms with Crippen LogP contribution in [0.1, 0.15) is 64.1 Å². The summed E-state index contributed by atoms with van der Waals surface area (Å²) in [6.07, 6.45) is 2.91. The van der Waals surface area contributed by atoms with Crippen molar-refractivity contribution in [3.8, 4) is 11.5 Å². The number of benzene rings is 1. The van der Waals surface area contributed by atoms with Crippen LogP contribution < -0.4 is 9.47 Å². The minimum absolute atomic E-state index is 0.0864. The van der Waals surface area contributed by atoms with Crippen molar-refractivity contribution in [3.63, 3.8) is 0 Å². The molecule has 35 heavy (non-hydrogen) atoms. The first-order valence-corrected chi connectivity index (χ1v) is 13.9. The summed E-state index contributed by atoms with van der Waals surface area (Å²) in [7, 11) is 3.99. The number of ether oxygens (including phenoxy) is 2. The minimum Gasteiger partial charge on any atom is -0.493 e. The quantitative estimate of drug-likeness (QED) is 0.482. The van der Waals surface area contributed by atoms with E-state index in [0.717, 1.165) is 30.4 Å². The van der Waals surface area contributed by atoms with E-state index in [0.29, 0.717) is 24.5 Å². The lowest BCUT2D eigenvalue weighted by Crippen LogP contribution is -2.66. The van der Waals surface area contributed by atoms with Gasteiger partial charge in [-0.1, -0.05) is 40.5 Å². The summed E-state index contributed by atoms with van der Waals surface area (Å²) in [6.45, 7) is 9.14. The number of aliphatic hydroxyl groups is 1. The monoisotopic (exact) mass is 509 g/mol. The normalized spacial score (nSPS) is 27.0. The van der Waals surface area contributed by atoms with Gasteiger partial charge in [-0.25, -0.2) is 0 Å². The van der Waals surface area contributed by atoms with Crippen LogP contribution in [-0.4, -0.2) is 78.6 Å². The fraction of sp³-hybridized carbons (Fsp3) is 0.731. The number of carbonyl (C=O) groups is 1. The van der Waals surface area contributed by atoms with Crippen LogP contribution in [-0.2, 0) is 24.5 Å². The summed E-state index contributed by atoms with van der Waals surface area (Å²) in [6, 6.07) is 3.87. The Kier molecular flexibility index (Phi) is 9.04. The molecule has 0 aliphatic carbocycles. The van der Waals surface area contributed by atoms with Crippen molar-refractivity contribution >= 4 is 15.3 Å². The number of hydrogen-bond acceptors (Lipinski definition) is 8. The maximum absolute atomic E-state index is 14.0. The first-order valence-electron chi connectivity index (χ1n) is 12.5. The third-order valence-electron chi connectivity index (χ3n) is 7.50. The first-order chi connectivity index (χ1) is 16.5. The molecule has 0 radical (unpaired) electrons. The number of methoxy groups -OCH3 is 2. The summed E-state index contributed by atoms with van der Waals surface area (Å²) < 4.78 is 28.0. The lowest BCUT2D eigenvalue weighted by Gasteiger charge is -2.56. The van der Waals surface area contributed by atoms with E-state index in [2.05, 4.69) is 32.6 Å². The Morgan fingerprint density at radius 1 is 1.11 bits per heavy atom. The molecule has 3 unspecified atom stereocenters. The number of piperidine rings is 1. The fourth-order valence-corrected chi connectivity index (χ4v) is 6.50. The number of rotatable bonds is 10. The van der Waals surface area contributed by atoms with Crippen molar-refractivity contribution < 1.29 is 32.7 Å². The van der Waals surface area contributed by atoms with E-state index in [-0.39, 0.29) is 29.9 Å². The van der Waals surface area contributed by atoms with Crippen molar-refractivity contribution in [1.29, 1.82) is 0 Å². The van der Waals surface area contributed by atoms with Crippen LogP contribution in [0, 0.1) is 11.3 Å². The number of Topliss-reactive ketones (excluding diaryl/α,β-unsaturated/α-hetero) is 1. The second-order valence-corrected chi connectivity index (χ2v) is 12.7. The van der Waals surface area contributed by atoms with Crippen molar-refractivity contribution in [2.24, 2.45) is 11.3 Å². The highest BCUT2D eigenvalue weighted by Crippen LogP contribution is 2.50. The Morgan fingerprint density at radius 2 is 1.74 bits per heavy atom. The fourth-order valence-electron chi connectivity index (χ4n) is 5.67. The average molecular weight is 510 g/mol. The molecule has 1 fully saturated rings. The second-order valence-electron chi connectivity index (χ2n) is 10.8. The molecule has 9 heteroatoms. The molecule has 1 N–H and O–H groups in total. The molecule has 0 amide bonds. The Bertz CT molecular complexity index is 885. The second kappa shape index (κ2) is 11.3. The predicted molar refractivity (Wildman–Crippen MR) is 136 cm³/mol. The molecule has 0 spiro atoms. The number of nitrogens with zero attached hydrogens (tertiary/aromatic N) is 1. The van der Waals surface area contributed by atoms with Gasteiger partial charge in [0.15, 0.2) is 17.3 Å². The first kappa shape index (κ1) is 28.1. The van der Waals surface area contributed by atoms with Crippen LogP contribution in [0.25, 0.3) is 0 Å². The summed E-state index contributed by atoms with van der Waals surface area (Å²) in [5.74, 6) is 0.559. The minimum atomic E-state index is -2.37. The zero-order valence-corrected chi connectivity index (χ0v) is 23.7. The van der Waals surface area contributed by atoms with Crippen LogP contribution in [0.3, 0.4) is 0 Å². The molecule has 1 aromatic carbocycles. The molecular weight excluding hydrogens is 466 g/mol. The molecule has 2 heterocycles. The van der Waals surface area contributed by atoms with Gasteiger partial charge in [0.25, 0.3) is 0 Å². The highest BCUT2D eigenvalue weighted by Gasteiger charge is 2.56. The van der Waals surface area contributed by atoms with Crippen LogP contribution in [0.2, 0.25) is 0 Å². The molecular formula is C26H43NO7Si. The van der Waals surface area contributed by atoms with Crippen molar-refractivity contribution in [3.05, 3.63) is 23.3 Å². The zero-order valence-electron chi connectivity index (χ0n) is 22.6. The number of fused-ring (bicyclic) bond motifs is 3. The SMILES string of the molecule is CCCCC1(O)CN2C(c3cc(OC)c(OC)cc3C[C@H]2C(C)(C)C)C(CO[SiH](OC)OC)C1=O. The van der Waals surface area contributed by atoms with Gasteiger partial charge in [-0.05, 0) is 41.5 Å². The lowest BCUT2D eigenvalue weighted by atomic mass is 9.67. The predicted octanol–water partition coefficient (Wildman–Crippen LogP) is 3.16. The number of hydrogen-bond donors (Lipinski definition) is 1. The summed E-state index contributed by atoms with van der Waals surface area (Å²) in [5.41, 5.74) is 0.648. The van der Waals surface area contributed by atoms with Crippen molar-refractivity contribution in [2.75, 3.05) is 41.6 Å². The van der Waals surface area contributed by atoms with Gasteiger partial charge in [0, 0.05) is 39.5 Å². The average Bonchev–Trinajstić information content (AvgIpc) is 2.83. The van der Waals surface area contributed by atoms with Crippen LogP contribution >= 0.6 is 0 Å². The lowest BCUT2D eigenvalue weighted by molar-refractivity contribution is -0.167. The van der Waals surface area contributed by atoms with Gasteiger partial charge >= 0.3 is 9.53 Å². The summed E-state index contributed by atoms with van der Waals surface area (Å²) in [5, 5.41) is 11.7. The molecule has 1 saturated heterocycles. The van der Waals surface area contributed by atoms with Crippen LogP contribution in [0.5, 0.6) is 11.5 Å². The van der Waals surface area contributed by atoms with Gasteiger partial charge < -0.3 is 27.9 Å². The van der Waals surface area contributed by atoms with Gasteiger partial charge in [-0.15, -0.1) is 0 Å². The molecule has 8 nitrogen and oxygen atoms in total. The highest BCUT2D eigenvalue weighted by atomic mass is 28.3. The largest absolute Gasteiger partial charge is 0.493 e. The Labute approximate surface area is 211 Å². The Morgan fingerprint density at radius 3 is 2.29 bits per heavy atom. The van der Waals surface area contributed by atoms with Crippen molar-refractivity contribution in [2.45, 2.75) is 71.1 Å². The summed E-state index contributed by atoms with van der Waals surface area (Å²) >= 11 is 0. The topological polar surface area (TPSA) is 86.7 Å². The van der Waals surface area contributed by atoms with Gasteiger partial charge in [0.1, 0.15) is 5.60 Å². The smallest absolute Gasteiger partial charge is 0.483 e. The van der Waals surface area contributed by atoms with E-state index in [1.807, 2.05) is 12.1 Å². The molecule has 1 aromatic rings. The number of ketones is 1. The van der Waals surface area contributed by atoms with E-state index in [4.69, 9.17) is 22.8 Å². The molecule has 0 saturated carbocycles. The molecule has 4 atom stereocenters. The maximum atomic E-state index is 14.0. The van der Waals surface area contributed by atoms with E-state index < -0.39 is 21.0 Å². The van der Waals surface area contributed by atoms with E-state index >= 15 is 0 Å². The molecule has 2 aliphatic heterocycles. The standard InChI is InChI=1S/C26H43NO7Si/c1-9-10-11-26(29)16-27-22(25(2,3)4)13-17-12-20(30-5)21(31-6)14-18(17)23(27)19(24(26)28)15-34-35(32-7)33-8/h12,14,19,22-23,29,35H,9-11,13,15-16H2,1-8H3/t19?,22-,23?,26?/m0/s1. The maximum Gasteiger partial charge on any atom is 0.483 e. The highest BCUT2D eigenvalue weighted by molar-refractivity contribution is 6.36. The van der Waals surface area contributed by atoms with E-state index in [9.17, 15) is 9.90 Å². The van der Waals surface area contributed by atoms with Gasteiger partial charge in [-0.3, -0.25) is 9.69 Å². The van der Waals surface area contributed by atoms with E-state index in [1.165, 1.54) is 0 Å². The number of unbranched alkanes of at least 4 members (excludes halogenated alkanes) is 1. The molecule has 0 aromatic heterocycles. The molecule has 198 valence electrons. The van der Waals surface area contributed by atoms with Crippen LogP contribution in [0.4, 0.5) is 0 Å². The van der Waals surface area contributed by atoms with E-state index in [1.54, 1.807) is 28.4 Å². The van der Waals surface area contributed by atoms with Crippen LogP contribution in [0.15, 0.2) is 12.1 Å². The van der Waals surface area contributed by atoms with Gasteiger partial charge in [0.05, 0.1) is 20.1 Å². The molecule has 3 rings (SSSR count). The number of carbonyl (C=O) groups excluding carboxylic acids is 1. The van der Waals surface area contributed by atoms with Gasteiger partial charge in [-0.2, -0.15) is 0 Å². The third-order valence-corrected chi connectivity index (χ3v) is 8.73. The Balaban J connectivity index is 2.16. The molecule has 2 aliphatic rings. The third kappa shape index (κ3) is 5.60. The van der Waals surface area contributed by atoms with Crippen molar-refractivity contribution in [1.82, 2.24) is 4.90 Å². The Hall–Kier alpha value is -1.49. The zero-order chi connectivity index (χ0) is 26.0. The molecule has 0 bridgehead atoms. The summed E-state index contributed by atoms with van der Waals surface area (Å²) in [4.78, 5) is 16.3.